The highest BCUT2D eigenvalue weighted by molar-refractivity contribution is 5.57. The van der Waals surface area contributed by atoms with Gasteiger partial charge in [-0.2, -0.15) is 0 Å². The highest BCUT2D eigenvalue weighted by Gasteiger charge is 2.12. The molecule has 1 N–H and O–H groups in total. The zero-order valence-corrected chi connectivity index (χ0v) is 12.0. The van der Waals surface area contributed by atoms with Crippen molar-refractivity contribution < 1.29 is 4.42 Å². The molecule has 0 aliphatic heterocycles. The molecular formula is C18H23NO. The molecule has 1 aromatic heterocycles. The Bertz CT molecular complexity index is 509. The van der Waals surface area contributed by atoms with Crippen LogP contribution in [0, 0.1) is 0 Å². The number of hydrogen-bond acceptors (Lipinski definition) is 2. The Hall–Kier alpha value is -1.54. The first-order valence-electron chi connectivity index (χ1n) is 7.79. The van der Waals surface area contributed by atoms with E-state index in [1.54, 1.807) is 0 Å². The molecule has 1 aliphatic rings. The number of rotatable bonds is 4. The quantitative estimate of drug-likeness (QED) is 0.810. The SMILES string of the molecule is c1ccc(-c2ccc(CNC3CCCCCC3)o2)cc1. The molecule has 0 unspecified atom stereocenters. The van der Waals surface area contributed by atoms with Gasteiger partial charge in [0.2, 0.25) is 0 Å². The second kappa shape index (κ2) is 6.76. The van der Waals surface area contributed by atoms with Crippen LogP contribution in [0.25, 0.3) is 11.3 Å². The van der Waals surface area contributed by atoms with Crippen molar-refractivity contribution in [2.45, 2.75) is 51.1 Å². The summed E-state index contributed by atoms with van der Waals surface area (Å²) in [5.41, 5.74) is 1.15. The molecule has 2 heteroatoms. The van der Waals surface area contributed by atoms with Gasteiger partial charge in [0.05, 0.1) is 6.54 Å². The van der Waals surface area contributed by atoms with Gasteiger partial charge in [-0.05, 0) is 25.0 Å². The van der Waals surface area contributed by atoms with E-state index in [-0.39, 0.29) is 0 Å². The van der Waals surface area contributed by atoms with Crippen LogP contribution in [0.15, 0.2) is 46.9 Å². The molecule has 3 rings (SSSR count). The maximum atomic E-state index is 5.93. The first-order chi connectivity index (χ1) is 9.92. The summed E-state index contributed by atoms with van der Waals surface area (Å²) >= 11 is 0. The lowest BCUT2D eigenvalue weighted by Crippen LogP contribution is -2.27. The summed E-state index contributed by atoms with van der Waals surface area (Å²) in [6, 6.07) is 15.1. The number of hydrogen-bond donors (Lipinski definition) is 1. The molecule has 2 nitrogen and oxygen atoms in total. The molecule has 1 saturated carbocycles. The van der Waals surface area contributed by atoms with Crippen molar-refractivity contribution in [3.63, 3.8) is 0 Å². The van der Waals surface area contributed by atoms with E-state index < -0.39 is 0 Å². The summed E-state index contributed by atoms with van der Waals surface area (Å²) in [5, 5.41) is 3.65. The normalized spacial score (nSPS) is 17.0. The Morgan fingerprint density at radius 3 is 2.40 bits per heavy atom. The van der Waals surface area contributed by atoms with Gasteiger partial charge < -0.3 is 9.73 Å². The predicted molar refractivity (Wildman–Crippen MR) is 82.5 cm³/mol. The van der Waals surface area contributed by atoms with Gasteiger partial charge in [0.25, 0.3) is 0 Å². The van der Waals surface area contributed by atoms with Crippen molar-refractivity contribution in [3.05, 3.63) is 48.2 Å². The Kier molecular flexibility index (Phi) is 4.54. The van der Waals surface area contributed by atoms with Crippen LogP contribution in [0.1, 0.15) is 44.3 Å². The summed E-state index contributed by atoms with van der Waals surface area (Å²) in [6.07, 6.45) is 8.16. The van der Waals surface area contributed by atoms with Crippen molar-refractivity contribution in [2.75, 3.05) is 0 Å². The van der Waals surface area contributed by atoms with Crippen molar-refractivity contribution in [3.8, 4) is 11.3 Å². The highest BCUT2D eigenvalue weighted by Crippen LogP contribution is 2.22. The zero-order valence-electron chi connectivity index (χ0n) is 12.0. The second-order valence-corrected chi connectivity index (χ2v) is 5.70. The lowest BCUT2D eigenvalue weighted by molar-refractivity contribution is 0.420. The largest absolute Gasteiger partial charge is 0.460 e. The van der Waals surface area contributed by atoms with Crippen molar-refractivity contribution in [2.24, 2.45) is 0 Å². The number of furan rings is 1. The maximum Gasteiger partial charge on any atom is 0.134 e. The third kappa shape index (κ3) is 3.51. The minimum Gasteiger partial charge on any atom is -0.460 e. The summed E-state index contributed by atoms with van der Waals surface area (Å²) in [6.45, 7) is 0.845. The molecule has 20 heavy (non-hydrogen) atoms. The summed E-state index contributed by atoms with van der Waals surface area (Å²) in [5.74, 6) is 2.00. The van der Waals surface area contributed by atoms with Crippen LogP contribution in [0.5, 0.6) is 0 Å². The van der Waals surface area contributed by atoms with Crippen LogP contribution in [0.4, 0.5) is 0 Å². The van der Waals surface area contributed by atoms with E-state index in [0.29, 0.717) is 6.04 Å². The van der Waals surface area contributed by atoms with E-state index in [9.17, 15) is 0 Å². The average Bonchev–Trinajstić information content (AvgIpc) is 2.82. The Balaban J connectivity index is 1.57. The number of nitrogens with one attached hydrogen (secondary N) is 1. The Morgan fingerprint density at radius 2 is 1.65 bits per heavy atom. The van der Waals surface area contributed by atoms with Gasteiger partial charge in [0, 0.05) is 11.6 Å². The third-order valence-electron chi connectivity index (χ3n) is 4.14. The van der Waals surface area contributed by atoms with Crippen LogP contribution in [-0.4, -0.2) is 6.04 Å². The summed E-state index contributed by atoms with van der Waals surface area (Å²) in [7, 11) is 0. The molecule has 0 spiro atoms. The van der Waals surface area contributed by atoms with Gasteiger partial charge in [-0.15, -0.1) is 0 Å². The molecule has 1 aromatic carbocycles. The first kappa shape index (κ1) is 13.4. The van der Waals surface area contributed by atoms with Crippen LogP contribution < -0.4 is 5.32 Å². The molecule has 1 fully saturated rings. The van der Waals surface area contributed by atoms with Gasteiger partial charge in [0.1, 0.15) is 11.5 Å². The van der Waals surface area contributed by atoms with E-state index in [2.05, 4.69) is 29.6 Å². The summed E-state index contributed by atoms with van der Waals surface area (Å²) < 4.78 is 5.93. The van der Waals surface area contributed by atoms with Crippen LogP contribution in [0.2, 0.25) is 0 Å². The topological polar surface area (TPSA) is 25.2 Å². The molecule has 0 atom stereocenters. The van der Waals surface area contributed by atoms with E-state index in [1.807, 2.05) is 18.2 Å². The predicted octanol–water partition coefficient (Wildman–Crippen LogP) is 4.76. The minimum atomic E-state index is 0.669. The van der Waals surface area contributed by atoms with Gasteiger partial charge in [0.15, 0.2) is 0 Å². The van der Waals surface area contributed by atoms with E-state index in [1.165, 1.54) is 38.5 Å². The molecule has 0 bridgehead atoms. The lowest BCUT2D eigenvalue weighted by Gasteiger charge is -2.14. The van der Waals surface area contributed by atoms with E-state index >= 15 is 0 Å². The van der Waals surface area contributed by atoms with E-state index in [0.717, 1.165) is 23.6 Å². The highest BCUT2D eigenvalue weighted by atomic mass is 16.3. The van der Waals surface area contributed by atoms with Crippen LogP contribution in [0.3, 0.4) is 0 Å². The maximum absolute atomic E-state index is 5.93. The smallest absolute Gasteiger partial charge is 0.134 e. The third-order valence-corrected chi connectivity index (χ3v) is 4.14. The van der Waals surface area contributed by atoms with Crippen molar-refractivity contribution in [1.29, 1.82) is 0 Å². The molecule has 1 aliphatic carbocycles. The average molecular weight is 269 g/mol. The van der Waals surface area contributed by atoms with Gasteiger partial charge in [-0.1, -0.05) is 56.0 Å². The van der Waals surface area contributed by atoms with Crippen molar-refractivity contribution in [1.82, 2.24) is 5.32 Å². The fraction of sp³-hybridized carbons (Fsp3) is 0.444. The molecule has 106 valence electrons. The molecule has 0 radical (unpaired) electrons. The molecular weight excluding hydrogens is 246 g/mol. The summed E-state index contributed by atoms with van der Waals surface area (Å²) in [4.78, 5) is 0. The fourth-order valence-electron chi connectivity index (χ4n) is 2.96. The molecule has 2 aromatic rings. The Labute approximate surface area is 121 Å². The van der Waals surface area contributed by atoms with Gasteiger partial charge in [-0.3, -0.25) is 0 Å². The minimum absolute atomic E-state index is 0.669. The second-order valence-electron chi connectivity index (χ2n) is 5.70. The molecule has 0 amide bonds. The first-order valence-corrected chi connectivity index (χ1v) is 7.79. The number of benzene rings is 1. The van der Waals surface area contributed by atoms with Crippen molar-refractivity contribution >= 4 is 0 Å². The van der Waals surface area contributed by atoms with E-state index in [4.69, 9.17) is 4.42 Å². The zero-order chi connectivity index (χ0) is 13.6. The Morgan fingerprint density at radius 1 is 0.900 bits per heavy atom. The molecule has 1 heterocycles. The fourth-order valence-corrected chi connectivity index (χ4v) is 2.96. The van der Waals surface area contributed by atoms with Crippen LogP contribution in [-0.2, 0) is 6.54 Å². The standard InChI is InChI=1S/C18H23NO/c1-2-7-11-16(10-6-1)19-14-17-12-13-18(20-17)15-8-4-3-5-9-15/h3-5,8-9,12-13,16,19H,1-2,6-7,10-11,14H2. The monoisotopic (exact) mass is 269 g/mol. The van der Waals surface area contributed by atoms with Crippen LogP contribution >= 0.6 is 0 Å². The van der Waals surface area contributed by atoms with Gasteiger partial charge in [-0.25, -0.2) is 0 Å². The van der Waals surface area contributed by atoms with Gasteiger partial charge >= 0.3 is 0 Å². The molecule has 0 saturated heterocycles. The lowest BCUT2D eigenvalue weighted by atomic mass is 10.1.